The number of nitrogens with one attached hydrogen (secondary N) is 1. The molecule has 0 aliphatic carbocycles. The van der Waals surface area contributed by atoms with Crippen LogP contribution >= 0.6 is 35.9 Å². The number of urea groups is 1. The Morgan fingerprint density at radius 3 is 2.79 bits per heavy atom. The molecule has 0 radical (unpaired) electrons. The lowest BCUT2D eigenvalue weighted by Crippen LogP contribution is -2.26. The summed E-state index contributed by atoms with van der Waals surface area (Å²) in [6.07, 6.45) is 0. The molecule has 0 unspecified atom stereocenters. The highest BCUT2D eigenvalue weighted by molar-refractivity contribution is 7.82. The number of carbonyl (C=O) groups is 1. The molecular formula is C12H12ClN3OS2. The minimum absolute atomic E-state index is 0.350. The molecule has 7 heteroatoms. The Hall–Kier alpha value is -1.24. The lowest BCUT2D eigenvalue weighted by Gasteiger charge is -2.18. The highest BCUT2D eigenvalue weighted by Crippen LogP contribution is 2.26. The van der Waals surface area contributed by atoms with E-state index in [1.54, 1.807) is 18.2 Å². The van der Waals surface area contributed by atoms with Crippen molar-refractivity contribution in [3.05, 3.63) is 40.5 Å². The summed E-state index contributed by atoms with van der Waals surface area (Å²) in [5.74, 6) is 0. The third kappa shape index (κ3) is 3.40. The van der Waals surface area contributed by atoms with Crippen molar-refractivity contribution in [2.24, 2.45) is 0 Å². The van der Waals surface area contributed by atoms with Gasteiger partial charge in [-0.05, 0) is 49.1 Å². The fourth-order valence-corrected chi connectivity index (χ4v) is 2.58. The average molecular weight is 314 g/mol. The molecule has 0 aliphatic heterocycles. The summed E-state index contributed by atoms with van der Waals surface area (Å²) in [6.45, 7) is 3.75. The smallest absolute Gasteiger partial charge is 0.297 e. The molecule has 0 saturated heterocycles. The second-order valence-corrected chi connectivity index (χ2v) is 5.65. The molecule has 1 aromatic carbocycles. The summed E-state index contributed by atoms with van der Waals surface area (Å²) in [7, 11) is 0. The molecule has 0 fully saturated rings. The summed E-state index contributed by atoms with van der Waals surface area (Å²) >= 11 is 11.4. The van der Waals surface area contributed by atoms with Crippen LogP contribution in [0.4, 0.5) is 15.5 Å². The van der Waals surface area contributed by atoms with Gasteiger partial charge in [-0.2, -0.15) is 4.37 Å². The van der Waals surface area contributed by atoms with E-state index in [-0.39, 0.29) is 6.03 Å². The highest BCUT2D eigenvalue weighted by Gasteiger charge is 2.15. The topological polar surface area (TPSA) is 45.2 Å². The Labute approximate surface area is 126 Å². The average Bonchev–Trinajstić information content (AvgIpc) is 2.77. The van der Waals surface area contributed by atoms with Crippen LogP contribution in [0.15, 0.2) is 24.3 Å². The number of thiol groups is 1. The minimum atomic E-state index is -0.350. The van der Waals surface area contributed by atoms with Crippen molar-refractivity contribution in [1.82, 2.24) is 4.37 Å². The van der Waals surface area contributed by atoms with E-state index in [4.69, 9.17) is 11.6 Å². The van der Waals surface area contributed by atoms with Crippen LogP contribution in [0.5, 0.6) is 0 Å². The summed E-state index contributed by atoms with van der Waals surface area (Å²) in [4.78, 5) is 12.1. The summed E-state index contributed by atoms with van der Waals surface area (Å²) in [5.41, 5.74) is 2.43. The van der Waals surface area contributed by atoms with E-state index in [0.29, 0.717) is 15.7 Å². The van der Waals surface area contributed by atoms with Crippen LogP contribution in [0, 0.1) is 13.8 Å². The van der Waals surface area contributed by atoms with Crippen LogP contribution in [0.3, 0.4) is 0 Å². The van der Waals surface area contributed by atoms with E-state index in [1.165, 1.54) is 15.8 Å². The van der Waals surface area contributed by atoms with Gasteiger partial charge in [0, 0.05) is 5.02 Å². The Balaban J connectivity index is 2.16. The summed E-state index contributed by atoms with van der Waals surface area (Å²) in [5, 5.41) is 3.97. The maximum atomic E-state index is 12.1. The quantitative estimate of drug-likeness (QED) is 0.812. The maximum Gasteiger partial charge on any atom is 0.337 e. The van der Waals surface area contributed by atoms with Gasteiger partial charge in [0.1, 0.15) is 5.00 Å². The maximum absolute atomic E-state index is 12.1. The van der Waals surface area contributed by atoms with E-state index in [9.17, 15) is 4.79 Å². The molecule has 1 aromatic heterocycles. The van der Waals surface area contributed by atoms with Crippen LogP contribution in [0.1, 0.15) is 11.3 Å². The van der Waals surface area contributed by atoms with Crippen molar-refractivity contribution in [2.45, 2.75) is 13.8 Å². The molecular weight excluding hydrogens is 302 g/mol. The van der Waals surface area contributed by atoms with Gasteiger partial charge in [-0.15, -0.1) is 0 Å². The molecule has 0 aliphatic rings. The first-order valence-corrected chi connectivity index (χ1v) is 7.02. The molecule has 4 nitrogen and oxygen atoms in total. The molecule has 1 N–H and O–H groups in total. The van der Waals surface area contributed by atoms with E-state index < -0.39 is 0 Å². The lowest BCUT2D eigenvalue weighted by molar-refractivity contribution is 0.260. The number of aromatic nitrogens is 1. The molecule has 2 aromatic rings. The third-order valence-electron chi connectivity index (χ3n) is 2.45. The number of benzene rings is 1. The number of rotatable bonds is 2. The van der Waals surface area contributed by atoms with Crippen LogP contribution < -0.4 is 9.62 Å². The third-order valence-corrected chi connectivity index (χ3v) is 3.88. The standard InChI is InChI=1S/C12H12ClN3OS2/c1-7-3-4-9(13)6-10(7)16(18)12(17)14-11-5-8(2)15-19-11/h3-6,18H,1-2H3,(H,14,17). The summed E-state index contributed by atoms with van der Waals surface area (Å²) in [6, 6.07) is 6.76. The SMILES string of the molecule is Cc1cc(NC(=O)N(S)c2cc(Cl)ccc2C)sn1. The van der Waals surface area contributed by atoms with Gasteiger partial charge in [0.2, 0.25) is 0 Å². The predicted octanol–water partition coefficient (Wildman–Crippen LogP) is 4.30. The van der Waals surface area contributed by atoms with Gasteiger partial charge in [-0.25, -0.2) is 9.10 Å². The molecule has 2 amide bonds. The monoisotopic (exact) mass is 313 g/mol. The van der Waals surface area contributed by atoms with Crippen LogP contribution in [0.2, 0.25) is 5.02 Å². The molecule has 0 atom stereocenters. The fraction of sp³-hybridized carbons (Fsp3) is 0.167. The number of carbonyl (C=O) groups excluding carboxylic acids is 1. The number of halogens is 1. The molecule has 2 rings (SSSR count). The van der Waals surface area contributed by atoms with Crippen molar-refractivity contribution in [1.29, 1.82) is 0 Å². The first kappa shape index (κ1) is 14.2. The number of nitrogens with zero attached hydrogens (tertiary/aromatic N) is 2. The zero-order chi connectivity index (χ0) is 14.0. The lowest BCUT2D eigenvalue weighted by atomic mass is 10.2. The number of amides is 2. The van der Waals surface area contributed by atoms with Gasteiger partial charge < -0.3 is 0 Å². The van der Waals surface area contributed by atoms with E-state index in [1.807, 2.05) is 19.9 Å². The zero-order valence-electron chi connectivity index (χ0n) is 10.3. The first-order valence-electron chi connectivity index (χ1n) is 5.47. The Morgan fingerprint density at radius 1 is 1.42 bits per heavy atom. The Morgan fingerprint density at radius 2 is 2.16 bits per heavy atom. The minimum Gasteiger partial charge on any atom is -0.297 e. The van der Waals surface area contributed by atoms with E-state index in [2.05, 4.69) is 22.5 Å². The van der Waals surface area contributed by atoms with Gasteiger partial charge in [0.05, 0.1) is 11.4 Å². The highest BCUT2D eigenvalue weighted by atomic mass is 35.5. The van der Waals surface area contributed by atoms with Crippen molar-refractivity contribution in [2.75, 3.05) is 9.62 Å². The van der Waals surface area contributed by atoms with Gasteiger partial charge in [-0.1, -0.05) is 30.5 Å². The normalized spacial score (nSPS) is 10.3. The second kappa shape index (κ2) is 5.81. The largest absolute Gasteiger partial charge is 0.337 e. The first-order chi connectivity index (χ1) is 8.97. The molecule has 0 saturated carbocycles. The van der Waals surface area contributed by atoms with Crippen LogP contribution in [0.25, 0.3) is 0 Å². The Kier molecular flexibility index (Phi) is 4.34. The molecule has 1 heterocycles. The Bertz CT molecular complexity index is 615. The summed E-state index contributed by atoms with van der Waals surface area (Å²) < 4.78 is 5.33. The second-order valence-electron chi connectivity index (χ2n) is 4.01. The predicted molar refractivity (Wildman–Crippen MR) is 83.5 cm³/mol. The zero-order valence-corrected chi connectivity index (χ0v) is 12.8. The molecule has 100 valence electrons. The molecule has 0 bridgehead atoms. The van der Waals surface area contributed by atoms with Crippen molar-refractivity contribution in [3.8, 4) is 0 Å². The van der Waals surface area contributed by atoms with E-state index >= 15 is 0 Å². The fourth-order valence-electron chi connectivity index (χ4n) is 1.50. The van der Waals surface area contributed by atoms with Crippen LogP contribution in [-0.4, -0.2) is 10.4 Å². The van der Waals surface area contributed by atoms with Gasteiger partial charge >= 0.3 is 6.03 Å². The van der Waals surface area contributed by atoms with E-state index in [0.717, 1.165) is 11.3 Å². The van der Waals surface area contributed by atoms with Gasteiger partial charge in [0.25, 0.3) is 0 Å². The van der Waals surface area contributed by atoms with Crippen LogP contribution in [-0.2, 0) is 0 Å². The van der Waals surface area contributed by atoms with Gasteiger partial charge in [-0.3, -0.25) is 5.32 Å². The van der Waals surface area contributed by atoms with Crippen molar-refractivity contribution < 1.29 is 4.79 Å². The molecule has 0 spiro atoms. The van der Waals surface area contributed by atoms with Crippen molar-refractivity contribution in [3.63, 3.8) is 0 Å². The number of anilines is 2. The van der Waals surface area contributed by atoms with Crippen molar-refractivity contribution >= 4 is 52.7 Å². The number of hydrogen-bond donors (Lipinski definition) is 2. The number of hydrogen-bond acceptors (Lipinski definition) is 4. The number of aryl methyl sites for hydroxylation is 2. The van der Waals surface area contributed by atoms with Gasteiger partial charge in [0.15, 0.2) is 0 Å². The molecule has 19 heavy (non-hydrogen) atoms.